The monoisotopic (exact) mass is 357 g/mol. The van der Waals surface area contributed by atoms with Crippen LogP contribution in [0.2, 0.25) is 5.02 Å². The van der Waals surface area contributed by atoms with Gasteiger partial charge < -0.3 is 10.5 Å². The zero-order chi connectivity index (χ0) is 14.9. The Morgan fingerprint density at radius 1 is 1.25 bits per heavy atom. The van der Waals surface area contributed by atoms with Crippen LogP contribution in [0.15, 0.2) is 34.8 Å². The highest BCUT2D eigenvalue weighted by atomic mass is 79.9. The van der Waals surface area contributed by atoms with Crippen molar-refractivity contribution in [2.24, 2.45) is 5.73 Å². The molecule has 1 atom stereocenters. The molecule has 106 valence electrons. The van der Waals surface area contributed by atoms with Crippen LogP contribution >= 0.6 is 27.5 Å². The topological polar surface area (TPSA) is 35.2 Å². The van der Waals surface area contributed by atoms with Crippen LogP contribution in [0, 0.1) is 12.7 Å². The molecule has 0 heterocycles. The summed E-state index contributed by atoms with van der Waals surface area (Å²) < 4.78 is 20.3. The average Bonchev–Trinajstić information content (AvgIpc) is 2.36. The summed E-state index contributed by atoms with van der Waals surface area (Å²) in [5.74, 6) is 0.720. The van der Waals surface area contributed by atoms with Crippen molar-refractivity contribution in [3.63, 3.8) is 0 Å². The van der Waals surface area contributed by atoms with Gasteiger partial charge in [-0.15, -0.1) is 0 Å². The zero-order valence-corrected chi connectivity index (χ0v) is 13.4. The maximum Gasteiger partial charge on any atom is 0.146 e. The molecule has 0 aliphatic carbocycles. The minimum absolute atomic E-state index is 0.299. The van der Waals surface area contributed by atoms with E-state index in [0.29, 0.717) is 27.6 Å². The van der Waals surface area contributed by atoms with Crippen LogP contribution in [0.4, 0.5) is 4.39 Å². The maximum absolute atomic E-state index is 13.6. The van der Waals surface area contributed by atoms with Gasteiger partial charge in [0.1, 0.15) is 17.3 Å². The molecule has 0 amide bonds. The van der Waals surface area contributed by atoms with Gasteiger partial charge in [-0.25, -0.2) is 4.39 Å². The molecule has 2 nitrogen and oxygen atoms in total. The molecule has 2 aromatic carbocycles. The lowest BCUT2D eigenvalue weighted by molar-refractivity contribution is 0.468. The predicted molar refractivity (Wildman–Crippen MR) is 83.0 cm³/mol. The third kappa shape index (κ3) is 3.32. The Morgan fingerprint density at radius 3 is 2.55 bits per heavy atom. The van der Waals surface area contributed by atoms with Crippen molar-refractivity contribution >= 4 is 27.5 Å². The van der Waals surface area contributed by atoms with Crippen molar-refractivity contribution in [3.05, 3.63) is 56.8 Å². The number of halogens is 3. The van der Waals surface area contributed by atoms with E-state index in [1.54, 1.807) is 32.0 Å². The van der Waals surface area contributed by atoms with Crippen molar-refractivity contribution in [1.82, 2.24) is 0 Å². The molecule has 0 aliphatic heterocycles. The van der Waals surface area contributed by atoms with Gasteiger partial charge in [-0.05, 0) is 49.7 Å². The third-order valence-electron chi connectivity index (χ3n) is 2.90. The summed E-state index contributed by atoms with van der Waals surface area (Å²) in [6.45, 7) is 3.45. The SMILES string of the molecule is Cc1cc(Oc2ccc(Br)cc2Cl)c([C@H](C)N)cc1F. The van der Waals surface area contributed by atoms with Crippen molar-refractivity contribution in [3.8, 4) is 11.5 Å². The van der Waals surface area contributed by atoms with Crippen molar-refractivity contribution in [1.29, 1.82) is 0 Å². The number of rotatable bonds is 3. The standard InChI is InChI=1S/C15H14BrClFNO/c1-8-5-15(11(9(2)19)7-13(8)18)20-14-4-3-10(16)6-12(14)17/h3-7,9H,19H2,1-2H3/t9-/m0/s1. The lowest BCUT2D eigenvalue weighted by atomic mass is 10.1. The maximum atomic E-state index is 13.6. The first-order valence-electron chi connectivity index (χ1n) is 6.07. The van der Waals surface area contributed by atoms with Gasteiger partial charge in [-0.3, -0.25) is 0 Å². The Kier molecular flexibility index (Phi) is 4.68. The summed E-state index contributed by atoms with van der Waals surface area (Å²) in [6, 6.07) is 8.00. The van der Waals surface area contributed by atoms with Gasteiger partial charge >= 0.3 is 0 Å². The number of aryl methyl sites for hydroxylation is 1. The molecular formula is C15H14BrClFNO. The van der Waals surface area contributed by atoms with E-state index in [4.69, 9.17) is 22.1 Å². The fourth-order valence-corrected chi connectivity index (χ4v) is 2.50. The van der Waals surface area contributed by atoms with Gasteiger partial charge in [0.2, 0.25) is 0 Å². The average molecular weight is 359 g/mol. The van der Waals surface area contributed by atoms with Gasteiger partial charge in [-0.2, -0.15) is 0 Å². The quantitative estimate of drug-likeness (QED) is 0.801. The van der Waals surface area contributed by atoms with Crippen LogP contribution < -0.4 is 10.5 Å². The Morgan fingerprint density at radius 2 is 1.95 bits per heavy atom. The van der Waals surface area contributed by atoms with Crippen LogP contribution in [-0.4, -0.2) is 0 Å². The third-order valence-corrected chi connectivity index (χ3v) is 3.68. The van der Waals surface area contributed by atoms with Crippen LogP contribution in [0.3, 0.4) is 0 Å². The van der Waals surface area contributed by atoms with E-state index < -0.39 is 0 Å². The highest BCUT2D eigenvalue weighted by Gasteiger charge is 2.14. The fraction of sp³-hybridized carbons (Fsp3) is 0.200. The van der Waals surface area contributed by atoms with E-state index in [1.807, 2.05) is 6.07 Å². The van der Waals surface area contributed by atoms with Gasteiger partial charge in [-0.1, -0.05) is 27.5 Å². The summed E-state index contributed by atoms with van der Waals surface area (Å²) in [5, 5.41) is 0.469. The van der Waals surface area contributed by atoms with Crippen LogP contribution in [0.25, 0.3) is 0 Å². The highest BCUT2D eigenvalue weighted by molar-refractivity contribution is 9.10. The molecule has 0 aromatic heterocycles. The first-order valence-corrected chi connectivity index (χ1v) is 7.24. The summed E-state index contributed by atoms with van der Waals surface area (Å²) in [5.41, 5.74) is 6.96. The normalized spacial score (nSPS) is 12.3. The Balaban J connectivity index is 2.44. The Hall–Kier alpha value is -1.10. The van der Waals surface area contributed by atoms with E-state index in [9.17, 15) is 4.39 Å². The molecule has 20 heavy (non-hydrogen) atoms. The van der Waals surface area contributed by atoms with E-state index in [0.717, 1.165) is 4.47 Å². The second kappa shape index (κ2) is 6.12. The smallest absolute Gasteiger partial charge is 0.146 e. The Bertz CT molecular complexity index is 646. The number of ether oxygens (including phenoxy) is 1. The van der Waals surface area contributed by atoms with E-state index in [1.165, 1.54) is 6.07 Å². The van der Waals surface area contributed by atoms with Gasteiger partial charge in [0, 0.05) is 16.1 Å². The van der Waals surface area contributed by atoms with Crippen molar-refractivity contribution in [2.45, 2.75) is 19.9 Å². The van der Waals surface area contributed by atoms with Crippen LogP contribution in [0.5, 0.6) is 11.5 Å². The van der Waals surface area contributed by atoms with Crippen molar-refractivity contribution < 1.29 is 9.13 Å². The van der Waals surface area contributed by atoms with Gasteiger partial charge in [0.15, 0.2) is 0 Å². The molecule has 0 aliphatic rings. The first kappa shape index (κ1) is 15.3. The van der Waals surface area contributed by atoms with E-state index >= 15 is 0 Å². The summed E-state index contributed by atoms with van der Waals surface area (Å²) in [6.07, 6.45) is 0. The lowest BCUT2D eigenvalue weighted by Gasteiger charge is -2.16. The summed E-state index contributed by atoms with van der Waals surface area (Å²) in [7, 11) is 0. The molecule has 5 heteroatoms. The largest absolute Gasteiger partial charge is 0.455 e. The molecule has 0 saturated heterocycles. The predicted octanol–water partition coefficient (Wildman–Crippen LogP) is 5.36. The van der Waals surface area contributed by atoms with E-state index in [2.05, 4.69) is 15.9 Å². The minimum atomic E-state index is -0.339. The molecule has 0 bridgehead atoms. The second-order valence-electron chi connectivity index (χ2n) is 4.60. The molecule has 0 fully saturated rings. The number of hydrogen-bond donors (Lipinski definition) is 1. The van der Waals surface area contributed by atoms with Crippen molar-refractivity contribution in [2.75, 3.05) is 0 Å². The molecule has 2 aromatic rings. The fourth-order valence-electron chi connectivity index (χ4n) is 1.79. The van der Waals surface area contributed by atoms with E-state index in [-0.39, 0.29) is 11.9 Å². The lowest BCUT2D eigenvalue weighted by Crippen LogP contribution is -2.08. The highest BCUT2D eigenvalue weighted by Crippen LogP contribution is 2.35. The number of nitrogens with two attached hydrogens (primary N) is 1. The zero-order valence-electron chi connectivity index (χ0n) is 11.1. The minimum Gasteiger partial charge on any atom is -0.455 e. The molecule has 2 rings (SSSR count). The summed E-state index contributed by atoms with van der Waals surface area (Å²) in [4.78, 5) is 0. The summed E-state index contributed by atoms with van der Waals surface area (Å²) >= 11 is 9.45. The van der Waals surface area contributed by atoms with Crippen LogP contribution in [0.1, 0.15) is 24.1 Å². The first-order chi connectivity index (χ1) is 9.38. The van der Waals surface area contributed by atoms with Gasteiger partial charge in [0.05, 0.1) is 5.02 Å². The Labute approximate surface area is 130 Å². The second-order valence-corrected chi connectivity index (χ2v) is 5.93. The molecule has 0 spiro atoms. The molecular weight excluding hydrogens is 345 g/mol. The number of hydrogen-bond acceptors (Lipinski definition) is 2. The molecule has 0 unspecified atom stereocenters. The van der Waals surface area contributed by atoms with Gasteiger partial charge in [0.25, 0.3) is 0 Å². The molecule has 0 radical (unpaired) electrons. The molecule has 2 N–H and O–H groups in total. The molecule has 0 saturated carbocycles. The van der Waals surface area contributed by atoms with Crippen LogP contribution in [-0.2, 0) is 0 Å². The number of benzene rings is 2.